The second-order valence-electron chi connectivity index (χ2n) is 2.58. The molecule has 0 amide bonds. The van der Waals surface area contributed by atoms with Gasteiger partial charge in [0.2, 0.25) is 0 Å². The van der Waals surface area contributed by atoms with Gasteiger partial charge in [0.25, 0.3) is 0 Å². The van der Waals surface area contributed by atoms with Gasteiger partial charge in [-0.3, -0.25) is 0 Å². The summed E-state index contributed by atoms with van der Waals surface area (Å²) in [6.45, 7) is 0. The molecule has 0 radical (unpaired) electrons. The van der Waals surface area contributed by atoms with Crippen LogP contribution in [0.1, 0.15) is 5.82 Å². The second kappa shape index (κ2) is 3.50. The number of thioether (sulfide) groups is 1. The SMILES string of the molecule is N#CSCc1nc2ccccc2[nH]1. The van der Waals surface area contributed by atoms with Crippen LogP contribution in [0, 0.1) is 10.7 Å². The maximum absolute atomic E-state index is 8.37. The van der Waals surface area contributed by atoms with E-state index in [9.17, 15) is 0 Å². The van der Waals surface area contributed by atoms with E-state index in [-0.39, 0.29) is 0 Å². The van der Waals surface area contributed by atoms with E-state index in [4.69, 9.17) is 5.26 Å². The lowest BCUT2D eigenvalue weighted by atomic mass is 10.3. The first kappa shape index (κ1) is 8.14. The quantitative estimate of drug-likeness (QED) is 0.737. The number of hydrogen-bond acceptors (Lipinski definition) is 3. The Morgan fingerprint density at radius 3 is 3.08 bits per heavy atom. The maximum Gasteiger partial charge on any atom is 0.133 e. The number of nitriles is 1. The Labute approximate surface area is 79.8 Å². The normalized spacial score (nSPS) is 10.1. The summed E-state index contributed by atoms with van der Waals surface area (Å²) in [7, 11) is 0. The minimum absolute atomic E-state index is 0.616. The summed E-state index contributed by atoms with van der Waals surface area (Å²) in [6.07, 6.45) is 0. The Morgan fingerprint density at radius 2 is 2.31 bits per heavy atom. The molecule has 2 aromatic rings. The van der Waals surface area contributed by atoms with E-state index in [0.29, 0.717) is 5.75 Å². The third kappa shape index (κ3) is 1.65. The van der Waals surface area contributed by atoms with Crippen molar-refractivity contribution in [2.75, 3.05) is 0 Å². The van der Waals surface area contributed by atoms with Gasteiger partial charge in [-0.1, -0.05) is 12.1 Å². The number of aromatic amines is 1. The van der Waals surface area contributed by atoms with Crippen LogP contribution in [0.5, 0.6) is 0 Å². The minimum atomic E-state index is 0.616. The molecule has 1 N–H and O–H groups in total. The fourth-order valence-electron chi connectivity index (χ4n) is 1.17. The van der Waals surface area contributed by atoms with Gasteiger partial charge in [0.05, 0.1) is 16.8 Å². The van der Waals surface area contributed by atoms with E-state index in [1.54, 1.807) is 0 Å². The molecule has 4 heteroatoms. The molecule has 1 heterocycles. The van der Waals surface area contributed by atoms with Gasteiger partial charge >= 0.3 is 0 Å². The van der Waals surface area contributed by atoms with E-state index in [1.807, 2.05) is 29.7 Å². The Morgan fingerprint density at radius 1 is 1.46 bits per heavy atom. The van der Waals surface area contributed by atoms with Crippen molar-refractivity contribution in [2.45, 2.75) is 5.75 Å². The molecule has 1 aromatic carbocycles. The molecular weight excluding hydrogens is 182 g/mol. The molecular formula is C9H7N3S. The molecule has 0 aliphatic carbocycles. The van der Waals surface area contributed by atoms with Gasteiger partial charge in [-0.15, -0.1) is 0 Å². The molecule has 2 rings (SSSR count). The topological polar surface area (TPSA) is 52.5 Å². The Balaban J connectivity index is 2.34. The van der Waals surface area contributed by atoms with Crippen LogP contribution in [0.3, 0.4) is 0 Å². The van der Waals surface area contributed by atoms with E-state index >= 15 is 0 Å². The zero-order valence-electron chi connectivity index (χ0n) is 6.82. The van der Waals surface area contributed by atoms with Crippen molar-refractivity contribution in [3.05, 3.63) is 30.1 Å². The number of fused-ring (bicyclic) bond motifs is 1. The third-order valence-corrected chi connectivity index (χ3v) is 2.26. The van der Waals surface area contributed by atoms with Crippen molar-refractivity contribution in [1.82, 2.24) is 9.97 Å². The lowest BCUT2D eigenvalue weighted by Crippen LogP contribution is -1.80. The molecule has 13 heavy (non-hydrogen) atoms. The molecule has 0 saturated heterocycles. The predicted octanol–water partition coefficient (Wildman–Crippen LogP) is 2.28. The monoisotopic (exact) mass is 189 g/mol. The van der Waals surface area contributed by atoms with Crippen LogP contribution in [-0.2, 0) is 5.75 Å². The molecule has 0 aliphatic heterocycles. The van der Waals surface area contributed by atoms with Gasteiger partial charge in [0, 0.05) is 0 Å². The lowest BCUT2D eigenvalue weighted by Gasteiger charge is -1.84. The molecule has 0 atom stereocenters. The zero-order valence-corrected chi connectivity index (χ0v) is 7.64. The molecule has 0 saturated carbocycles. The van der Waals surface area contributed by atoms with Crippen LogP contribution >= 0.6 is 11.8 Å². The number of aromatic nitrogens is 2. The number of thiocyanates is 1. The van der Waals surface area contributed by atoms with Crippen LogP contribution < -0.4 is 0 Å². The minimum Gasteiger partial charge on any atom is -0.341 e. The smallest absolute Gasteiger partial charge is 0.133 e. The number of imidazole rings is 1. The predicted molar refractivity (Wildman–Crippen MR) is 53.0 cm³/mol. The van der Waals surface area contributed by atoms with Gasteiger partial charge in [0.1, 0.15) is 11.2 Å². The molecule has 0 bridgehead atoms. The van der Waals surface area contributed by atoms with Crippen LogP contribution in [0.2, 0.25) is 0 Å². The van der Waals surface area contributed by atoms with Crippen molar-refractivity contribution >= 4 is 22.8 Å². The van der Waals surface area contributed by atoms with E-state index in [1.165, 1.54) is 11.8 Å². The molecule has 0 spiro atoms. The molecule has 1 aromatic heterocycles. The second-order valence-corrected chi connectivity index (χ2v) is 3.34. The van der Waals surface area contributed by atoms with Gasteiger partial charge in [-0.25, -0.2) is 4.98 Å². The highest BCUT2D eigenvalue weighted by atomic mass is 32.2. The first-order valence-electron chi connectivity index (χ1n) is 3.84. The molecule has 3 nitrogen and oxygen atoms in total. The Kier molecular flexibility index (Phi) is 2.19. The molecule has 0 unspecified atom stereocenters. The Hall–Kier alpha value is -1.47. The lowest BCUT2D eigenvalue weighted by molar-refractivity contribution is 1.14. The summed E-state index contributed by atoms with van der Waals surface area (Å²) in [6, 6.07) is 7.83. The average Bonchev–Trinajstić information content (AvgIpc) is 2.57. The standard InChI is InChI=1S/C9H7N3S/c10-6-13-5-9-11-7-3-1-2-4-8(7)12-9/h1-4H,5H2,(H,11,12). The van der Waals surface area contributed by atoms with Crippen LogP contribution in [0.25, 0.3) is 11.0 Å². The number of para-hydroxylation sites is 2. The number of nitrogens with zero attached hydrogens (tertiary/aromatic N) is 2. The molecule has 0 fully saturated rings. The number of H-pyrrole nitrogens is 1. The Bertz CT molecular complexity index is 422. The van der Waals surface area contributed by atoms with Crippen molar-refractivity contribution in [3.63, 3.8) is 0 Å². The number of rotatable bonds is 2. The number of hydrogen-bond donors (Lipinski definition) is 1. The van der Waals surface area contributed by atoms with Crippen molar-refractivity contribution < 1.29 is 0 Å². The summed E-state index contributed by atoms with van der Waals surface area (Å²) >= 11 is 1.19. The van der Waals surface area contributed by atoms with Crippen LogP contribution in [0.4, 0.5) is 0 Å². The summed E-state index contributed by atoms with van der Waals surface area (Å²) < 4.78 is 0. The zero-order chi connectivity index (χ0) is 9.10. The summed E-state index contributed by atoms with van der Waals surface area (Å²) in [5.74, 6) is 1.47. The van der Waals surface area contributed by atoms with Gasteiger partial charge < -0.3 is 4.98 Å². The molecule has 0 aliphatic rings. The summed E-state index contributed by atoms with van der Waals surface area (Å²) in [5.41, 5.74) is 1.98. The largest absolute Gasteiger partial charge is 0.341 e. The van der Waals surface area contributed by atoms with Gasteiger partial charge in [-0.05, 0) is 23.9 Å². The summed E-state index contributed by atoms with van der Waals surface area (Å²) in [4.78, 5) is 7.47. The molecule has 64 valence electrons. The highest BCUT2D eigenvalue weighted by Crippen LogP contribution is 2.13. The highest BCUT2D eigenvalue weighted by molar-refractivity contribution is 8.02. The van der Waals surface area contributed by atoms with E-state index in [2.05, 4.69) is 9.97 Å². The number of benzene rings is 1. The maximum atomic E-state index is 8.37. The van der Waals surface area contributed by atoms with E-state index in [0.717, 1.165) is 16.9 Å². The fourth-order valence-corrected chi connectivity index (χ4v) is 1.51. The van der Waals surface area contributed by atoms with Gasteiger partial charge in [0.15, 0.2) is 0 Å². The highest BCUT2D eigenvalue weighted by Gasteiger charge is 2.00. The van der Waals surface area contributed by atoms with Crippen molar-refractivity contribution in [2.24, 2.45) is 0 Å². The van der Waals surface area contributed by atoms with Crippen LogP contribution in [-0.4, -0.2) is 9.97 Å². The average molecular weight is 189 g/mol. The third-order valence-electron chi connectivity index (χ3n) is 1.71. The van der Waals surface area contributed by atoms with Gasteiger partial charge in [-0.2, -0.15) is 5.26 Å². The first-order chi connectivity index (χ1) is 6.40. The summed E-state index contributed by atoms with van der Waals surface area (Å²) in [5, 5.41) is 10.4. The first-order valence-corrected chi connectivity index (χ1v) is 4.83. The number of nitrogens with one attached hydrogen (secondary N) is 1. The van der Waals surface area contributed by atoms with Crippen molar-refractivity contribution in [3.8, 4) is 5.40 Å². The fraction of sp³-hybridized carbons (Fsp3) is 0.111. The van der Waals surface area contributed by atoms with Crippen molar-refractivity contribution in [1.29, 1.82) is 5.26 Å². The van der Waals surface area contributed by atoms with E-state index < -0.39 is 0 Å². The van der Waals surface area contributed by atoms with Crippen LogP contribution in [0.15, 0.2) is 24.3 Å².